The number of fused-ring (bicyclic) bond motifs is 1. The van der Waals surface area contributed by atoms with Crippen LogP contribution in [0.4, 0.5) is 0 Å². The molecule has 132 valence electrons. The van der Waals surface area contributed by atoms with Gasteiger partial charge in [0.25, 0.3) is 0 Å². The topological polar surface area (TPSA) is 58.8 Å². The maximum absolute atomic E-state index is 9.56. The van der Waals surface area contributed by atoms with Gasteiger partial charge in [-0.25, -0.2) is 0 Å². The van der Waals surface area contributed by atoms with E-state index in [-0.39, 0.29) is 0 Å². The number of aromatic nitrogens is 2. The van der Waals surface area contributed by atoms with E-state index in [1.807, 2.05) is 36.5 Å². The Balaban J connectivity index is 1.88. The van der Waals surface area contributed by atoms with E-state index >= 15 is 0 Å². The first-order valence-corrected chi connectivity index (χ1v) is 8.94. The second kappa shape index (κ2) is 7.97. The van der Waals surface area contributed by atoms with Crippen molar-refractivity contribution in [3.63, 3.8) is 0 Å². The summed E-state index contributed by atoms with van der Waals surface area (Å²) in [5, 5.41) is 10.5. The van der Waals surface area contributed by atoms with Crippen molar-refractivity contribution >= 4 is 10.9 Å². The zero-order valence-corrected chi connectivity index (χ0v) is 15.4. The van der Waals surface area contributed by atoms with Gasteiger partial charge in [0.15, 0.2) is 0 Å². The zero-order chi connectivity index (χ0) is 18.5. The Morgan fingerprint density at radius 2 is 1.96 bits per heavy atom. The van der Waals surface area contributed by atoms with Crippen molar-refractivity contribution in [2.75, 3.05) is 6.61 Å². The maximum Gasteiger partial charge on any atom is 0.137 e. The summed E-state index contributed by atoms with van der Waals surface area (Å²) in [4.78, 5) is 8.57. The highest BCUT2D eigenvalue weighted by Crippen LogP contribution is 2.30. The van der Waals surface area contributed by atoms with Crippen LogP contribution in [0.25, 0.3) is 22.0 Å². The summed E-state index contributed by atoms with van der Waals surface area (Å²) in [6, 6.07) is 11.9. The summed E-state index contributed by atoms with van der Waals surface area (Å²) in [6.45, 7) is 7.21. The summed E-state index contributed by atoms with van der Waals surface area (Å²) < 4.78 is 5.92. The Labute approximate surface area is 154 Å². The van der Waals surface area contributed by atoms with Gasteiger partial charge in [-0.1, -0.05) is 26.8 Å². The van der Waals surface area contributed by atoms with Crippen LogP contribution in [0.15, 0.2) is 48.9 Å². The number of pyridine rings is 2. The summed E-state index contributed by atoms with van der Waals surface area (Å²) in [6.07, 6.45) is 6.43. The van der Waals surface area contributed by atoms with Gasteiger partial charge in [-0.15, -0.1) is 0 Å². The molecule has 0 spiro atoms. The molecule has 4 heteroatoms. The third kappa shape index (κ3) is 4.00. The maximum atomic E-state index is 9.56. The van der Waals surface area contributed by atoms with Crippen LogP contribution in [0, 0.1) is 23.2 Å². The number of ether oxygens (including phenoxy) is 1. The molecule has 0 amide bonds. The van der Waals surface area contributed by atoms with Gasteiger partial charge in [0, 0.05) is 24.0 Å². The van der Waals surface area contributed by atoms with Crippen LogP contribution >= 0.6 is 0 Å². The number of hydrogen-bond acceptors (Lipinski definition) is 4. The van der Waals surface area contributed by atoms with Crippen molar-refractivity contribution in [3.8, 4) is 22.9 Å². The summed E-state index contributed by atoms with van der Waals surface area (Å²) in [5.41, 5.74) is 3.41. The molecular formula is C22H23N3O. The molecule has 3 rings (SSSR count). The first kappa shape index (κ1) is 17.9. The molecular weight excluding hydrogens is 322 g/mol. The highest BCUT2D eigenvalue weighted by atomic mass is 16.5. The fraction of sp³-hybridized carbons (Fsp3) is 0.318. The molecule has 26 heavy (non-hydrogen) atoms. The Morgan fingerprint density at radius 3 is 2.73 bits per heavy atom. The van der Waals surface area contributed by atoms with Gasteiger partial charge in [0.05, 0.1) is 17.7 Å². The van der Waals surface area contributed by atoms with E-state index in [4.69, 9.17) is 4.74 Å². The molecule has 0 aliphatic heterocycles. The van der Waals surface area contributed by atoms with Crippen molar-refractivity contribution in [1.82, 2.24) is 9.97 Å². The lowest BCUT2D eigenvalue weighted by Crippen LogP contribution is -2.11. The number of rotatable bonds is 6. The molecule has 0 aliphatic carbocycles. The highest BCUT2D eigenvalue weighted by Gasteiger charge is 2.11. The minimum atomic E-state index is 0.455. The van der Waals surface area contributed by atoms with Crippen molar-refractivity contribution in [3.05, 3.63) is 54.5 Å². The molecule has 0 radical (unpaired) electrons. The van der Waals surface area contributed by atoms with E-state index in [0.29, 0.717) is 29.8 Å². The second-order valence-electron chi connectivity index (χ2n) is 7.12. The molecule has 0 bridgehead atoms. The monoisotopic (exact) mass is 345 g/mol. The third-order valence-electron chi connectivity index (χ3n) is 4.35. The molecule has 0 N–H and O–H groups in total. The average molecular weight is 345 g/mol. The molecule has 0 fully saturated rings. The van der Waals surface area contributed by atoms with Crippen LogP contribution in [0.3, 0.4) is 0 Å². The predicted octanol–water partition coefficient (Wildman–Crippen LogP) is 5.23. The molecule has 0 aliphatic rings. The number of nitrogens with zero attached hydrogens (tertiary/aromatic N) is 3. The molecule has 4 nitrogen and oxygen atoms in total. The molecule has 1 unspecified atom stereocenters. The van der Waals surface area contributed by atoms with Crippen LogP contribution in [0.1, 0.15) is 32.8 Å². The Kier molecular flexibility index (Phi) is 5.48. The van der Waals surface area contributed by atoms with Crippen LogP contribution in [-0.4, -0.2) is 16.6 Å². The van der Waals surface area contributed by atoms with Crippen molar-refractivity contribution < 1.29 is 4.74 Å². The smallest absolute Gasteiger partial charge is 0.137 e. The normalized spacial score (nSPS) is 12.1. The van der Waals surface area contributed by atoms with Crippen molar-refractivity contribution in [2.24, 2.45) is 11.8 Å². The molecule has 1 atom stereocenters. The molecule has 0 saturated heterocycles. The van der Waals surface area contributed by atoms with Gasteiger partial charge in [-0.3, -0.25) is 9.97 Å². The van der Waals surface area contributed by atoms with Gasteiger partial charge in [0.1, 0.15) is 11.8 Å². The molecule has 2 heterocycles. The quantitative estimate of drug-likeness (QED) is 0.614. The SMILES string of the molecule is CC(C)CC(C)COc1ccc(-c2ccnc3ccncc23)cc1C#N. The summed E-state index contributed by atoms with van der Waals surface area (Å²) in [7, 11) is 0. The van der Waals surface area contributed by atoms with E-state index in [0.717, 1.165) is 28.5 Å². The first-order valence-electron chi connectivity index (χ1n) is 8.94. The Morgan fingerprint density at radius 1 is 1.12 bits per heavy atom. The van der Waals surface area contributed by atoms with Crippen molar-refractivity contribution in [1.29, 1.82) is 5.26 Å². The number of hydrogen-bond donors (Lipinski definition) is 0. The lowest BCUT2D eigenvalue weighted by molar-refractivity contribution is 0.238. The summed E-state index contributed by atoms with van der Waals surface area (Å²) >= 11 is 0. The van der Waals surface area contributed by atoms with Crippen LogP contribution in [0.2, 0.25) is 0 Å². The first-order chi connectivity index (χ1) is 12.6. The van der Waals surface area contributed by atoms with Gasteiger partial charge < -0.3 is 4.74 Å². The van der Waals surface area contributed by atoms with Gasteiger partial charge in [0.2, 0.25) is 0 Å². The standard InChI is InChI=1S/C22H23N3O/c1-15(2)10-16(3)14-26-22-5-4-17(11-18(22)12-23)19-6-9-25-21-7-8-24-13-20(19)21/h4-9,11,13,15-16H,10,14H2,1-3H3. The fourth-order valence-corrected chi connectivity index (χ4v) is 3.26. The molecule has 1 aromatic carbocycles. The van der Waals surface area contributed by atoms with E-state index in [1.165, 1.54) is 0 Å². The van der Waals surface area contributed by atoms with Gasteiger partial charge >= 0.3 is 0 Å². The number of benzene rings is 1. The Hall–Kier alpha value is -2.93. The largest absolute Gasteiger partial charge is 0.492 e. The van der Waals surface area contributed by atoms with Crippen LogP contribution in [-0.2, 0) is 0 Å². The predicted molar refractivity (Wildman–Crippen MR) is 104 cm³/mol. The zero-order valence-electron chi connectivity index (χ0n) is 15.4. The van der Waals surface area contributed by atoms with Crippen molar-refractivity contribution in [2.45, 2.75) is 27.2 Å². The van der Waals surface area contributed by atoms with E-state index in [1.54, 1.807) is 12.4 Å². The highest BCUT2D eigenvalue weighted by molar-refractivity contribution is 5.93. The lowest BCUT2D eigenvalue weighted by atomic mass is 9.99. The van der Waals surface area contributed by atoms with E-state index < -0.39 is 0 Å². The average Bonchev–Trinajstić information content (AvgIpc) is 2.65. The summed E-state index contributed by atoms with van der Waals surface area (Å²) in [5.74, 6) is 1.74. The molecule has 2 aromatic heterocycles. The van der Waals surface area contributed by atoms with E-state index in [9.17, 15) is 5.26 Å². The third-order valence-corrected chi connectivity index (χ3v) is 4.35. The lowest BCUT2D eigenvalue weighted by Gasteiger charge is -2.16. The fourth-order valence-electron chi connectivity index (χ4n) is 3.26. The molecule has 0 saturated carbocycles. The second-order valence-corrected chi connectivity index (χ2v) is 7.12. The van der Waals surface area contributed by atoms with Gasteiger partial charge in [-0.2, -0.15) is 5.26 Å². The van der Waals surface area contributed by atoms with Gasteiger partial charge in [-0.05, 0) is 53.6 Å². The van der Waals surface area contributed by atoms with Crippen LogP contribution in [0.5, 0.6) is 5.75 Å². The minimum absolute atomic E-state index is 0.455. The van der Waals surface area contributed by atoms with E-state index in [2.05, 4.69) is 36.8 Å². The Bertz CT molecular complexity index is 938. The number of nitriles is 1. The molecule has 3 aromatic rings. The van der Waals surface area contributed by atoms with Crippen LogP contribution < -0.4 is 4.74 Å². The minimum Gasteiger partial charge on any atom is -0.492 e.